The summed E-state index contributed by atoms with van der Waals surface area (Å²) in [5.41, 5.74) is 2.80. The second kappa shape index (κ2) is 7.27. The predicted molar refractivity (Wildman–Crippen MR) is 102 cm³/mol. The number of rotatable bonds is 6. The molecule has 0 aliphatic carbocycles. The number of hydrogen-bond acceptors (Lipinski definition) is 2. The topological polar surface area (TPSA) is 51.3 Å². The maximum Gasteiger partial charge on any atom is 0.251 e. The van der Waals surface area contributed by atoms with Crippen molar-refractivity contribution in [3.05, 3.63) is 90.8 Å². The fraction of sp³-hybridized carbons (Fsp3) is 0.143. The Labute approximate surface area is 151 Å². The van der Waals surface area contributed by atoms with Crippen LogP contribution in [0.4, 0.5) is 0 Å². The number of aromatic nitrogens is 3. The molecule has 3 aromatic heterocycles. The highest BCUT2D eigenvalue weighted by Crippen LogP contribution is 2.10. The summed E-state index contributed by atoms with van der Waals surface area (Å²) in [6.45, 7) is 0.625. The molecule has 1 aromatic carbocycles. The third kappa shape index (κ3) is 3.37. The average molecular weight is 344 g/mol. The fourth-order valence-corrected chi connectivity index (χ4v) is 3.03. The Morgan fingerprint density at radius 2 is 1.73 bits per heavy atom. The molecule has 4 aromatic rings. The number of hydrogen-bond donors (Lipinski definition) is 1. The molecule has 0 atom stereocenters. The third-order valence-electron chi connectivity index (χ3n) is 4.41. The van der Waals surface area contributed by atoms with Crippen molar-refractivity contribution in [1.82, 2.24) is 19.3 Å². The van der Waals surface area contributed by atoms with Crippen molar-refractivity contribution in [1.29, 1.82) is 0 Å². The monoisotopic (exact) mass is 344 g/mol. The van der Waals surface area contributed by atoms with Crippen LogP contribution in [0.25, 0.3) is 11.2 Å². The fourth-order valence-electron chi connectivity index (χ4n) is 3.03. The van der Waals surface area contributed by atoms with Gasteiger partial charge in [-0.2, -0.15) is 0 Å². The zero-order valence-electron chi connectivity index (χ0n) is 14.4. The molecule has 0 spiro atoms. The third-order valence-corrected chi connectivity index (χ3v) is 4.41. The molecule has 0 radical (unpaired) electrons. The number of imidazole rings is 1. The van der Waals surface area contributed by atoms with E-state index in [9.17, 15) is 4.79 Å². The van der Waals surface area contributed by atoms with E-state index in [1.807, 2.05) is 84.0 Å². The van der Waals surface area contributed by atoms with Gasteiger partial charge in [0.2, 0.25) is 0 Å². The van der Waals surface area contributed by atoms with Crippen molar-refractivity contribution in [2.45, 2.75) is 12.8 Å². The van der Waals surface area contributed by atoms with Crippen LogP contribution in [-0.2, 0) is 6.42 Å². The quantitative estimate of drug-likeness (QED) is 0.544. The van der Waals surface area contributed by atoms with Gasteiger partial charge in [-0.3, -0.25) is 4.79 Å². The summed E-state index contributed by atoms with van der Waals surface area (Å²) in [4.78, 5) is 16.7. The van der Waals surface area contributed by atoms with Crippen LogP contribution in [0, 0.1) is 0 Å². The number of benzene rings is 1. The second-order valence-electron chi connectivity index (χ2n) is 6.17. The van der Waals surface area contributed by atoms with Crippen molar-refractivity contribution in [2.75, 3.05) is 6.54 Å². The molecule has 1 amide bonds. The molecule has 0 aliphatic rings. The van der Waals surface area contributed by atoms with Gasteiger partial charge in [0, 0.05) is 42.8 Å². The van der Waals surface area contributed by atoms with E-state index in [1.165, 1.54) is 0 Å². The molecule has 130 valence electrons. The lowest BCUT2D eigenvalue weighted by Crippen LogP contribution is -2.24. The molecule has 0 unspecified atom stereocenters. The molecule has 1 N–H and O–H groups in total. The molecule has 4 rings (SSSR count). The molecule has 0 bridgehead atoms. The smallest absolute Gasteiger partial charge is 0.251 e. The van der Waals surface area contributed by atoms with Crippen LogP contribution in [0.2, 0.25) is 0 Å². The van der Waals surface area contributed by atoms with E-state index < -0.39 is 0 Å². The maximum absolute atomic E-state index is 12.3. The Balaban J connectivity index is 1.30. The van der Waals surface area contributed by atoms with Gasteiger partial charge < -0.3 is 14.3 Å². The van der Waals surface area contributed by atoms with Crippen LogP contribution in [0.1, 0.15) is 22.6 Å². The lowest BCUT2D eigenvalue weighted by Gasteiger charge is -2.07. The SMILES string of the molecule is O=C(NCCCc1ncc2ccccn12)c1ccc(-n2cccc2)cc1. The maximum atomic E-state index is 12.3. The Hall–Kier alpha value is -3.34. The normalized spacial score (nSPS) is 10.9. The largest absolute Gasteiger partial charge is 0.352 e. The van der Waals surface area contributed by atoms with E-state index in [4.69, 9.17) is 0 Å². The van der Waals surface area contributed by atoms with Crippen molar-refractivity contribution < 1.29 is 4.79 Å². The molecule has 0 saturated heterocycles. The molecule has 0 aliphatic heterocycles. The number of fused-ring (bicyclic) bond motifs is 1. The zero-order valence-corrected chi connectivity index (χ0v) is 14.4. The van der Waals surface area contributed by atoms with E-state index >= 15 is 0 Å². The summed E-state index contributed by atoms with van der Waals surface area (Å²) in [7, 11) is 0. The van der Waals surface area contributed by atoms with Gasteiger partial charge in [-0.05, 0) is 55.0 Å². The number of pyridine rings is 1. The number of carbonyl (C=O) groups excluding carboxylic acids is 1. The summed E-state index contributed by atoms with van der Waals surface area (Å²) in [6, 6.07) is 17.6. The zero-order chi connectivity index (χ0) is 17.8. The lowest BCUT2D eigenvalue weighted by atomic mass is 10.2. The summed E-state index contributed by atoms with van der Waals surface area (Å²) in [6.07, 6.45) is 9.53. The number of nitrogens with zero attached hydrogens (tertiary/aromatic N) is 3. The molecule has 0 fully saturated rings. The molecule has 0 saturated carbocycles. The summed E-state index contributed by atoms with van der Waals surface area (Å²) in [5.74, 6) is 0.975. The van der Waals surface area contributed by atoms with Gasteiger partial charge in [0.1, 0.15) is 5.82 Å². The molecular weight excluding hydrogens is 324 g/mol. The lowest BCUT2D eigenvalue weighted by molar-refractivity contribution is 0.0953. The van der Waals surface area contributed by atoms with Gasteiger partial charge in [0.05, 0.1) is 11.7 Å². The van der Waals surface area contributed by atoms with Crippen LogP contribution in [0.15, 0.2) is 79.4 Å². The highest BCUT2D eigenvalue weighted by atomic mass is 16.1. The molecule has 5 nitrogen and oxygen atoms in total. The molecule has 5 heteroatoms. The van der Waals surface area contributed by atoms with Gasteiger partial charge in [-0.15, -0.1) is 0 Å². The Bertz CT molecular complexity index is 1000. The Morgan fingerprint density at radius 3 is 2.54 bits per heavy atom. The van der Waals surface area contributed by atoms with E-state index in [0.29, 0.717) is 12.1 Å². The Kier molecular flexibility index (Phi) is 4.51. The first kappa shape index (κ1) is 16.1. The van der Waals surface area contributed by atoms with E-state index in [2.05, 4.69) is 14.7 Å². The van der Waals surface area contributed by atoms with Gasteiger partial charge >= 0.3 is 0 Å². The van der Waals surface area contributed by atoms with Crippen LogP contribution < -0.4 is 5.32 Å². The average Bonchev–Trinajstić information content (AvgIpc) is 3.35. The predicted octanol–water partition coefficient (Wildman–Crippen LogP) is 3.49. The Morgan fingerprint density at radius 1 is 0.962 bits per heavy atom. The van der Waals surface area contributed by atoms with Gasteiger partial charge in [-0.1, -0.05) is 6.07 Å². The molecular formula is C21H20N4O. The number of nitrogens with one attached hydrogen (secondary N) is 1. The number of carbonyl (C=O) groups is 1. The van der Waals surface area contributed by atoms with Crippen molar-refractivity contribution >= 4 is 11.4 Å². The van der Waals surface area contributed by atoms with Crippen molar-refractivity contribution in [3.8, 4) is 5.69 Å². The number of aryl methyl sites for hydroxylation is 1. The van der Waals surface area contributed by atoms with Crippen molar-refractivity contribution in [2.24, 2.45) is 0 Å². The van der Waals surface area contributed by atoms with Crippen molar-refractivity contribution in [3.63, 3.8) is 0 Å². The van der Waals surface area contributed by atoms with Crippen LogP contribution in [-0.4, -0.2) is 26.4 Å². The van der Waals surface area contributed by atoms with E-state index in [1.54, 1.807) is 0 Å². The van der Waals surface area contributed by atoms with Crippen LogP contribution in [0.3, 0.4) is 0 Å². The first-order chi connectivity index (χ1) is 12.8. The second-order valence-corrected chi connectivity index (χ2v) is 6.17. The molecule has 26 heavy (non-hydrogen) atoms. The van der Waals surface area contributed by atoms with Crippen LogP contribution in [0.5, 0.6) is 0 Å². The minimum absolute atomic E-state index is 0.0444. The minimum atomic E-state index is -0.0444. The van der Waals surface area contributed by atoms with E-state index in [-0.39, 0.29) is 5.91 Å². The summed E-state index contributed by atoms with van der Waals surface area (Å²) in [5, 5.41) is 2.98. The number of amides is 1. The van der Waals surface area contributed by atoms with Gasteiger partial charge in [-0.25, -0.2) is 4.98 Å². The first-order valence-electron chi connectivity index (χ1n) is 8.74. The van der Waals surface area contributed by atoms with E-state index in [0.717, 1.165) is 29.9 Å². The first-order valence-corrected chi connectivity index (χ1v) is 8.74. The molecule has 3 heterocycles. The van der Waals surface area contributed by atoms with Gasteiger partial charge in [0.15, 0.2) is 0 Å². The summed E-state index contributed by atoms with van der Waals surface area (Å²) >= 11 is 0. The van der Waals surface area contributed by atoms with Crippen LogP contribution >= 0.6 is 0 Å². The van der Waals surface area contributed by atoms with Gasteiger partial charge in [0.25, 0.3) is 5.91 Å². The standard InChI is InChI=1S/C21H20N4O/c26-21(17-8-10-18(11-9-17)24-13-3-4-14-24)22-12-5-7-20-23-16-19-6-1-2-15-25(19)20/h1-4,6,8-11,13-16H,5,7,12H2,(H,22,26). The minimum Gasteiger partial charge on any atom is -0.352 e. The highest BCUT2D eigenvalue weighted by molar-refractivity contribution is 5.94. The summed E-state index contributed by atoms with van der Waals surface area (Å²) < 4.78 is 4.10. The highest BCUT2D eigenvalue weighted by Gasteiger charge is 2.06.